The van der Waals surface area contributed by atoms with Gasteiger partial charge in [-0.1, -0.05) is 6.07 Å². The maximum absolute atomic E-state index is 12.7. The Hall–Kier alpha value is -4.20. The standard InChI is InChI=1S/C22H19N5O3/c1-27-13-17(22(26-27)30-2)21(29)24-15-10-8-14(9-11-15)20(28)25-19-7-3-6-18-16(19)5-4-12-23-18/h3-13H,1-2H3,(H,24,29)(H,25,28). The fourth-order valence-corrected chi connectivity index (χ4v) is 3.08. The van der Waals surface area contributed by atoms with E-state index in [0.29, 0.717) is 22.5 Å². The Morgan fingerprint density at radius 3 is 2.53 bits per heavy atom. The zero-order valence-corrected chi connectivity index (χ0v) is 16.4. The van der Waals surface area contributed by atoms with E-state index in [-0.39, 0.29) is 17.7 Å². The van der Waals surface area contributed by atoms with E-state index < -0.39 is 0 Å². The molecular weight excluding hydrogens is 382 g/mol. The van der Waals surface area contributed by atoms with Crippen molar-refractivity contribution >= 4 is 34.1 Å². The highest BCUT2D eigenvalue weighted by Crippen LogP contribution is 2.22. The summed E-state index contributed by atoms with van der Waals surface area (Å²) in [5.41, 5.74) is 2.84. The number of hydrogen-bond donors (Lipinski definition) is 2. The molecule has 0 unspecified atom stereocenters. The van der Waals surface area contributed by atoms with Crippen molar-refractivity contribution in [3.05, 3.63) is 78.1 Å². The van der Waals surface area contributed by atoms with Crippen LogP contribution in [0.3, 0.4) is 0 Å². The fourth-order valence-electron chi connectivity index (χ4n) is 3.08. The second-order valence-electron chi connectivity index (χ2n) is 6.59. The number of fused-ring (bicyclic) bond motifs is 1. The van der Waals surface area contributed by atoms with Crippen molar-refractivity contribution < 1.29 is 14.3 Å². The van der Waals surface area contributed by atoms with Crippen LogP contribution in [0.4, 0.5) is 11.4 Å². The number of carbonyl (C=O) groups is 2. The topological polar surface area (TPSA) is 98.1 Å². The van der Waals surface area contributed by atoms with E-state index in [4.69, 9.17) is 4.74 Å². The molecule has 2 heterocycles. The highest BCUT2D eigenvalue weighted by atomic mass is 16.5. The van der Waals surface area contributed by atoms with Gasteiger partial charge in [0.05, 0.1) is 18.3 Å². The number of hydrogen-bond acceptors (Lipinski definition) is 5. The molecule has 0 atom stereocenters. The summed E-state index contributed by atoms with van der Waals surface area (Å²) in [6.07, 6.45) is 3.29. The number of benzene rings is 2. The molecule has 2 aromatic heterocycles. The van der Waals surface area contributed by atoms with Crippen molar-refractivity contribution in [1.29, 1.82) is 0 Å². The number of aryl methyl sites for hydroxylation is 1. The first kappa shape index (κ1) is 19.1. The molecule has 0 aliphatic rings. The first-order valence-corrected chi connectivity index (χ1v) is 9.19. The summed E-state index contributed by atoms with van der Waals surface area (Å²) in [7, 11) is 3.16. The minimum atomic E-state index is -0.347. The Morgan fingerprint density at radius 1 is 0.967 bits per heavy atom. The first-order valence-electron chi connectivity index (χ1n) is 9.19. The number of methoxy groups -OCH3 is 1. The number of nitrogens with one attached hydrogen (secondary N) is 2. The van der Waals surface area contributed by atoms with Crippen LogP contribution in [0.15, 0.2) is 67.0 Å². The first-order chi connectivity index (χ1) is 14.5. The fraction of sp³-hybridized carbons (Fsp3) is 0.0909. The van der Waals surface area contributed by atoms with E-state index >= 15 is 0 Å². The molecule has 150 valence electrons. The molecule has 0 radical (unpaired) electrons. The summed E-state index contributed by atoms with van der Waals surface area (Å²) in [5, 5.41) is 10.6. The Bertz CT molecular complexity index is 1230. The maximum atomic E-state index is 12.7. The van der Waals surface area contributed by atoms with Crippen LogP contribution in [0.25, 0.3) is 10.9 Å². The molecule has 8 heteroatoms. The third-order valence-corrected chi connectivity index (χ3v) is 4.53. The van der Waals surface area contributed by atoms with Gasteiger partial charge < -0.3 is 15.4 Å². The monoisotopic (exact) mass is 401 g/mol. The SMILES string of the molecule is COc1nn(C)cc1C(=O)Nc1ccc(C(=O)Nc2cccc3ncccc23)cc1. The van der Waals surface area contributed by atoms with Gasteiger partial charge in [-0.05, 0) is 48.5 Å². The van der Waals surface area contributed by atoms with Crippen molar-refractivity contribution in [3.8, 4) is 5.88 Å². The number of amides is 2. The molecule has 8 nitrogen and oxygen atoms in total. The van der Waals surface area contributed by atoms with Crippen LogP contribution < -0.4 is 15.4 Å². The summed E-state index contributed by atoms with van der Waals surface area (Å²) in [5.74, 6) is -0.353. The minimum absolute atomic E-state index is 0.246. The van der Waals surface area contributed by atoms with Gasteiger partial charge >= 0.3 is 0 Å². The van der Waals surface area contributed by atoms with Crippen molar-refractivity contribution in [2.45, 2.75) is 0 Å². The Morgan fingerprint density at radius 2 is 1.77 bits per heavy atom. The van der Waals surface area contributed by atoms with Gasteiger partial charge in [-0.25, -0.2) is 0 Å². The molecule has 4 aromatic rings. The summed E-state index contributed by atoms with van der Waals surface area (Å²) in [4.78, 5) is 29.4. The Labute approximate surface area is 172 Å². The summed E-state index contributed by atoms with van der Waals surface area (Å²) in [6, 6.07) is 15.9. The third kappa shape index (κ3) is 3.83. The number of rotatable bonds is 5. The van der Waals surface area contributed by atoms with E-state index in [1.807, 2.05) is 30.3 Å². The normalized spacial score (nSPS) is 10.6. The highest BCUT2D eigenvalue weighted by molar-refractivity contribution is 6.09. The van der Waals surface area contributed by atoms with Gasteiger partial charge in [0.25, 0.3) is 11.8 Å². The van der Waals surface area contributed by atoms with Crippen LogP contribution in [-0.4, -0.2) is 33.7 Å². The van der Waals surface area contributed by atoms with Crippen LogP contribution in [0.1, 0.15) is 20.7 Å². The molecule has 0 aliphatic carbocycles. The summed E-state index contributed by atoms with van der Waals surface area (Å²) < 4.78 is 6.62. The zero-order chi connectivity index (χ0) is 21.1. The second-order valence-corrected chi connectivity index (χ2v) is 6.59. The molecule has 2 amide bonds. The largest absolute Gasteiger partial charge is 0.479 e. The number of nitrogens with zero attached hydrogens (tertiary/aromatic N) is 3. The van der Waals surface area contributed by atoms with Crippen LogP contribution in [-0.2, 0) is 7.05 Å². The van der Waals surface area contributed by atoms with Crippen LogP contribution >= 0.6 is 0 Å². The smallest absolute Gasteiger partial charge is 0.262 e. The molecule has 30 heavy (non-hydrogen) atoms. The minimum Gasteiger partial charge on any atom is -0.479 e. The lowest BCUT2D eigenvalue weighted by atomic mass is 10.1. The molecule has 2 N–H and O–H groups in total. The molecule has 0 fully saturated rings. The van der Waals surface area contributed by atoms with E-state index in [9.17, 15) is 9.59 Å². The average Bonchev–Trinajstić information content (AvgIpc) is 3.15. The zero-order valence-electron chi connectivity index (χ0n) is 16.4. The molecule has 0 saturated heterocycles. The average molecular weight is 401 g/mol. The van der Waals surface area contributed by atoms with Gasteiger partial charge in [0.1, 0.15) is 5.56 Å². The highest BCUT2D eigenvalue weighted by Gasteiger charge is 2.17. The molecule has 0 bridgehead atoms. The van der Waals surface area contributed by atoms with Gasteiger partial charge in [0.2, 0.25) is 5.88 Å². The Balaban J connectivity index is 1.47. The number of carbonyl (C=O) groups excluding carboxylic acids is 2. The number of aromatic nitrogens is 3. The predicted octanol–water partition coefficient (Wildman–Crippen LogP) is 3.48. The van der Waals surface area contributed by atoms with Crippen molar-refractivity contribution in [1.82, 2.24) is 14.8 Å². The maximum Gasteiger partial charge on any atom is 0.262 e. The van der Waals surface area contributed by atoms with Gasteiger partial charge in [-0.2, -0.15) is 0 Å². The molecule has 0 saturated carbocycles. The molecule has 0 aliphatic heterocycles. The van der Waals surface area contributed by atoms with Gasteiger partial charge in [0, 0.05) is 36.1 Å². The predicted molar refractivity (Wildman–Crippen MR) is 114 cm³/mol. The van der Waals surface area contributed by atoms with Gasteiger partial charge in [-0.15, -0.1) is 5.10 Å². The van der Waals surface area contributed by atoms with Crippen molar-refractivity contribution in [3.63, 3.8) is 0 Å². The van der Waals surface area contributed by atoms with Gasteiger partial charge in [-0.3, -0.25) is 19.3 Å². The summed E-state index contributed by atoms with van der Waals surface area (Å²) >= 11 is 0. The molecular formula is C22H19N5O3. The van der Waals surface area contributed by atoms with E-state index in [0.717, 1.165) is 10.9 Å². The molecule has 2 aromatic carbocycles. The van der Waals surface area contributed by atoms with Gasteiger partial charge in [0.15, 0.2) is 0 Å². The van der Waals surface area contributed by atoms with Crippen molar-refractivity contribution in [2.75, 3.05) is 17.7 Å². The number of ether oxygens (including phenoxy) is 1. The lowest BCUT2D eigenvalue weighted by molar-refractivity contribution is 0.101. The van der Waals surface area contributed by atoms with E-state index in [2.05, 4.69) is 20.7 Å². The van der Waals surface area contributed by atoms with Crippen LogP contribution in [0, 0.1) is 0 Å². The van der Waals surface area contributed by atoms with E-state index in [1.165, 1.54) is 11.8 Å². The van der Waals surface area contributed by atoms with Crippen LogP contribution in [0.2, 0.25) is 0 Å². The van der Waals surface area contributed by atoms with E-state index in [1.54, 1.807) is 43.7 Å². The number of anilines is 2. The number of pyridine rings is 1. The Kier molecular flexibility index (Phi) is 5.13. The summed E-state index contributed by atoms with van der Waals surface area (Å²) in [6.45, 7) is 0. The molecule has 4 rings (SSSR count). The second kappa shape index (κ2) is 8.04. The third-order valence-electron chi connectivity index (χ3n) is 4.53. The van der Waals surface area contributed by atoms with Crippen molar-refractivity contribution in [2.24, 2.45) is 7.05 Å². The quantitative estimate of drug-likeness (QED) is 0.534. The molecule has 0 spiro atoms. The lowest BCUT2D eigenvalue weighted by Crippen LogP contribution is -2.14. The lowest BCUT2D eigenvalue weighted by Gasteiger charge is -2.09. The van der Waals surface area contributed by atoms with Crippen LogP contribution in [0.5, 0.6) is 5.88 Å².